The van der Waals surface area contributed by atoms with Crippen LogP contribution in [0.25, 0.3) is 0 Å². The Balaban J connectivity index is 1.95. The van der Waals surface area contributed by atoms with Gasteiger partial charge in [0.2, 0.25) is 5.91 Å². The molecule has 5 nitrogen and oxygen atoms in total. The first-order valence-electron chi connectivity index (χ1n) is 6.03. The molecular formula is C13H16N2O3. The third-order valence-corrected chi connectivity index (χ3v) is 3.29. The number of hydrogen-bond acceptors (Lipinski definition) is 3. The molecule has 2 atom stereocenters. The quantitative estimate of drug-likeness (QED) is 0.855. The third-order valence-electron chi connectivity index (χ3n) is 3.29. The Bertz CT molecular complexity index is 473. The molecule has 1 amide bonds. The van der Waals surface area contributed by atoms with Crippen LogP contribution < -0.4 is 5.32 Å². The van der Waals surface area contributed by atoms with Gasteiger partial charge >= 0.3 is 5.97 Å². The number of aromatic nitrogens is 1. The predicted molar refractivity (Wildman–Crippen MR) is 66.1 cm³/mol. The summed E-state index contributed by atoms with van der Waals surface area (Å²) in [6.07, 6.45) is 1.64. The molecule has 18 heavy (non-hydrogen) atoms. The molecule has 0 aromatic carbocycles. The van der Waals surface area contributed by atoms with Crippen molar-refractivity contribution in [3.05, 3.63) is 23.9 Å². The molecule has 5 heteroatoms. The Labute approximate surface area is 105 Å². The van der Waals surface area contributed by atoms with Gasteiger partial charge in [0.1, 0.15) is 5.82 Å². The number of hydrogen-bond donors (Lipinski definition) is 2. The predicted octanol–water partition coefficient (Wildman–Crippen LogP) is 1.83. The smallest absolute Gasteiger partial charge is 0.306 e. The number of aryl methyl sites for hydroxylation is 1. The molecule has 1 aliphatic rings. The fraction of sp³-hybridized carbons (Fsp3) is 0.462. The van der Waals surface area contributed by atoms with Gasteiger partial charge in [-0.25, -0.2) is 4.98 Å². The van der Waals surface area contributed by atoms with Gasteiger partial charge in [0.05, 0.1) is 5.92 Å². The molecule has 1 aromatic heterocycles. The number of carboxylic acid groups (broad SMARTS) is 1. The number of amides is 1. The Morgan fingerprint density at radius 2 is 2.06 bits per heavy atom. The molecule has 2 rings (SSSR count). The van der Waals surface area contributed by atoms with Crippen LogP contribution >= 0.6 is 0 Å². The summed E-state index contributed by atoms with van der Waals surface area (Å²) in [5.41, 5.74) is 0.836. The monoisotopic (exact) mass is 248 g/mol. The Morgan fingerprint density at radius 1 is 1.33 bits per heavy atom. The van der Waals surface area contributed by atoms with Crippen molar-refractivity contribution in [3.8, 4) is 0 Å². The van der Waals surface area contributed by atoms with E-state index in [0.717, 1.165) is 5.69 Å². The van der Waals surface area contributed by atoms with E-state index in [2.05, 4.69) is 10.3 Å². The maximum absolute atomic E-state index is 12.0. The molecule has 0 unspecified atom stereocenters. The molecule has 1 aromatic rings. The topological polar surface area (TPSA) is 79.3 Å². The second-order valence-corrected chi connectivity index (χ2v) is 4.70. The Hall–Kier alpha value is -1.91. The van der Waals surface area contributed by atoms with E-state index in [9.17, 15) is 9.59 Å². The van der Waals surface area contributed by atoms with Crippen molar-refractivity contribution in [2.45, 2.75) is 26.2 Å². The normalized spacial score (nSPS) is 22.7. The lowest BCUT2D eigenvalue weighted by molar-refractivity contribution is -0.141. The van der Waals surface area contributed by atoms with Gasteiger partial charge in [-0.2, -0.15) is 0 Å². The van der Waals surface area contributed by atoms with E-state index < -0.39 is 5.97 Å². The van der Waals surface area contributed by atoms with Gasteiger partial charge in [-0.15, -0.1) is 0 Å². The number of carbonyl (C=O) groups excluding carboxylic acids is 1. The Kier molecular flexibility index (Phi) is 3.60. The molecule has 1 saturated carbocycles. The second kappa shape index (κ2) is 5.16. The minimum Gasteiger partial charge on any atom is -0.481 e. The molecular weight excluding hydrogens is 232 g/mol. The highest BCUT2D eigenvalue weighted by molar-refractivity contribution is 5.92. The summed E-state index contributed by atoms with van der Waals surface area (Å²) < 4.78 is 0. The molecule has 0 radical (unpaired) electrons. The molecule has 0 bridgehead atoms. The van der Waals surface area contributed by atoms with Gasteiger partial charge in [-0.1, -0.05) is 6.07 Å². The van der Waals surface area contributed by atoms with Gasteiger partial charge in [-0.05, 0) is 38.3 Å². The fourth-order valence-corrected chi connectivity index (χ4v) is 2.28. The van der Waals surface area contributed by atoms with Crippen molar-refractivity contribution >= 4 is 17.7 Å². The summed E-state index contributed by atoms with van der Waals surface area (Å²) in [6.45, 7) is 1.85. The number of carboxylic acids is 1. The fourth-order valence-electron chi connectivity index (χ4n) is 2.28. The van der Waals surface area contributed by atoms with Crippen LogP contribution in [0.2, 0.25) is 0 Å². The highest BCUT2D eigenvalue weighted by atomic mass is 16.4. The van der Waals surface area contributed by atoms with E-state index in [4.69, 9.17) is 5.11 Å². The average molecular weight is 248 g/mol. The zero-order chi connectivity index (χ0) is 13.1. The van der Waals surface area contributed by atoms with Crippen molar-refractivity contribution < 1.29 is 14.7 Å². The largest absolute Gasteiger partial charge is 0.481 e. The van der Waals surface area contributed by atoms with E-state index >= 15 is 0 Å². The molecule has 0 saturated heterocycles. The van der Waals surface area contributed by atoms with E-state index in [1.54, 1.807) is 6.07 Å². The number of nitrogens with one attached hydrogen (secondary N) is 1. The zero-order valence-electron chi connectivity index (χ0n) is 10.2. The van der Waals surface area contributed by atoms with Gasteiger partial charge in [0.15, 0.2) is 0 Å². The van der Waals surface area contributed by atoms with Crippen molar-refractivity contribution in [2.24, 2.45) is 11.8 Å². The second-order valence-electron chi connectivity index (χ2n) is 4.70. The molecule has 1 aliphatic carbocycles. The summed E-state index contributed by atoms with van der Waals surface area (Å²) in [5.74, 6) is -1.01. The van der Waals surface area contributed by atoms with Crippen LogP contribution in [0.3, 0.4) is 0 Å². The van der Waals surface area contributed by atoms with Crippen LogP contribution in [-0.2, 0) is 9.59 Å². The summed E-state index contributed by atoms with van der Waals surface area (Å²) in [6, 6.07) is 5.41. The molecule has 0 aliphatic heterocycles. The van der Waals surface area contributed by atoms with Crippen molar-refractivity contribution in [1.29, 1.82) is 0 Å². The number of rotatable bonds is 3. The maximum atomic E-state index is 12.0. The minimum absolute atomic E-state index is 0.128. The number of pyridine rings is 1. The van der Waals surface area contributed by atoms with Crippen molar-refractivity contribution in [1.82, 2.24) is 4.98 Å². The number of aliphatic carboxylic acids is 1. The highest BCUT2D eigenvalue weighted by Gasteiger charge is 2.33. The van der Waals surface area contributed by atoms with Crippen molar-refractivity contribution in [2.75, 3.05) is 5.32 Å². The van der Waals surface area contributed by atoms with E-state index in [1.165, 1.54) is 0 Å². The van der Waals surface area contributed by atoms with Crippen LogP contribution in [0.5, 0.6) is 0 Å². The van der Waals surface area contributed by atoms with Crippen LogP contribution in [0, 0.1) is 18.8 Å². The summed E-state index contributed by atoms with van der Waals surface area (Å²) >= 11 is 0. The number of carbonyl (C=O) groups is 2. The van der Waals surface area contributed by atoms with Crippen molar-refractivity contribution in [3.63, 3.8) is 0 Å². The Morgan fingerprint density at radius 3 is 2.67 bits per heavy atom. The molecule has 1 fully saturated rings. The average Bonchev–Trinajstić information content (AvgIpc) is 2.78. The van der Waals surface area contributed by atoms with E-state index in [-0.39, 0.29) is 17.7 Å². The first-order valence-corrected chi connectivity index (χ1v) is 6.03. The van der Waals surface area contributed by atoms with Gasteiger partial charge < -0.3 is 10.4 Å². The summed E-state index contributed by atoms with van der Waals surface area (Å²) in [7, 11) is 0. The van der Waals surface area contributed by atoms with Crippen LogP contribution in [0.1, 0.15) is 25.0 Å². The number of anilines is 1. The molecule has 0 spiro atoms. The van der Waals surface area contributed by atoms with Crippen LogP contribution in [0.15, 0.2) is 18.2 Å². The van der Waals surface area contributed by atoms with Gasteiger partial charge in [0.25, 0.3) is 0 Å². The third kappa shape index (κ3) is 2.85. The standard InChI is InChI=1S/C13H16N2O3/c1-8-3-2-4-11(14-8)15-12(16)9-5-6-10(7-9)13(17)18/h2-4,9-10H,5-7H2,1H3,(H,17,18)(H,14,15,16)/t9-,10-/m0/s1. The lowest BCUT2D eigenvalue weighted by atomic mass is 10.0. The van der Waals surface area contributed by atoms with E-state index in [0.29, 0.717) is 25.1 Å². The van der Waals surface area contributed by atoms with Gasteiger partial charge in [-0.3, -0.25) is 9.59 Å². The van der Waals surface area contributed by atoms with E-state index in [1.807, 2.05) is 19.1 Å². The lowest BCUT2D eigenvalue weighted by Crippen LogP contribution is -2.22. The number of nitrogens with zero attached hydrogens (tertiary/aromatic N) is 1. The highest BCUT2D eigenvalue weighted by Crippen LogP contribution is 2.31. The maximum Gasteiger partial charge on any atom is 0.306 e. The molecule has 1 heterocycles. The minimum atomic E-state index is -0.806. The van der Waals surface area contributed by atoms with Gasteiger partial charge in [0, 0.05) is 11.6 Å². The van der Waals surface area contributed by atoms with Crippen LogP contribution in [-0.4, -0.2) is 22.0 Å². The summed E-state index contributed by atoms with van der Waals surface area (Å²) in [4.78, 5) is 27.0. The lowest BCUT2D eigenvalue weighted by Gasteiger charge is -2.10. The SMILES string of the molecule is Cc1cccc(NC(=O)[C@H]2CC[C@H](C(=O)O)C2)n1. The first-order chi connectivity index (χ1) is 8.56. The molecule has 2 N–H and O–H groups in total. The summed E-state index contributed by atoms with van der Waals surface area (Å²) in [5, 5.41) is 11.6. The van der Waals surface area contributed by atoms with Crippen LogP contribution in [0.4, 0.5) is 5.82 Å². The first kappa shape index (κ1) is 12.5. The zero-order valence-corrected chi connectivity index (χ0v) is 10.2. The molecule has 96 valence electrons.